The molecule has 7 nitrogen and oxygen atoms in total. The van der Waals surface area contributed by atoms with E-state index in [1.807, 2.05) is 19.9 Å². The number of aromatic nitrogens is 2. The third-order valence-corrected chi connectivity index (χ3v) is 5.21. The average molecular weight is 422 g/mol. The van der Waals surface area contributed by atoms with Crippen molar-refractivity contribution < 1.29 is 9.59 Å². The quantitative estimate of drug-likeness (QED) is 0.801. The molecule has 1 aliphatic rings. The maximum atomic E-state index is 12.7. The Morgan fingerprint density at radius 2 is 2.07 bits per heavy atom. The number of hydrogen-bond donors (Lipinski definition) is 1. The minimum Gasteiger partial charge on any atom is -0.350 e. The number of benzene rings is 1. The van der Waals surface area contributed by atoms with Crippen molar-refractivity contribution in [3.63, 3.8) is 0 Å². The minimum atomic E-state index is -0.648. The van der Waals surface area contributed by atoms with Gasteiger partial charge in [0.25, 0.3) is 0 Å². The molecule has 0 bridgehead atoms. The number of nitrogens with one attached hydrogen (secondary N) is 1. The molecule has 1 aromatic carbocycles. The maximum absolute atomic E-state index is 12.7. The lowest BCUT2D eigenvalue weighted by Gasteiger charge is -2.17. The third-order valence-electron chi connectivity index (χ3n) is 4.62. The molecule has 1 saturated heterocycles. The summed E-state index contributed by atoms with van der Waals surface area (Å²) in [5.41, 5.74) is 1.59. The van der Waals surface area contributed by atoms with Crippen LogP contribution in [0.1, 0.15) is 31.0 Å². The van der Waals surface area contributed by atoms with Gasteiger partial charge < -0.3 is 10.2 Å². The molecule has 0 radical (unpaired) electrons. The van der Waals surface area contributed by atoms with Gasteiger partial charge in [-0.05, 0) is 29.7 Å². The molecular weight excluding hydrogens is 401 g/mol. The van der Waals surface area contributed by atoms with Crippen molar-refractivity contribution in [3.8, 4) is 0 Å². The molecule has 0 unspecified atom stereocenters. The largest absolute Gasteiger partial charge is 0.350 e. The molecule has 1 N–H and O–H groups in total. The highest BCUT2D eigenvalue weighted by Crippen LogP contribution is 2.23. The molecule has 0 spiro atoms. The molecule has 2 heterocycles. The molecule has 148 valence electrons. The molecule has 1 fully saturated rings. The lowest BCUT2D eigenvalue weighted by Crippen LogP contribution is -2.43. The number of urea groups is 1. The van der Waals surface area contributed by atoms with Crippen LogP contribution in [0.25, 0.3) is 0 Å². The van der Waals surface area contributed by atoms with Gasteiger partial charge >= 0.3 is 6.03 Å². The second-order valence-electron chi connectivity index (χ2n) is 6.91. The first-order chi connectivity index (χ1) is 13.3. The number of carbonyl (C=O) groups excluding carboxylic acids is 2. The summed E-state index contributed by atoms with van der Waals surface area (Å²) < 4.78 is 0. The Morgan fingerprint density at radius 3 is 2.75 bits per heavy atom. The van der Waals surface area contributed by atoms with Crippen molar-refractivity contribution in [2.45, 2.75) is 32.4 Å². The monoisotopic (exact) mass is 421 g/mol. The lowest BCUT2D eigenvalue weighted by molar-refractivity contribution is -0.124. The Hall–Kier alpha value is -2.38. The first kappa shape index (κ1) is 20.4. The van der Waals surface area contributed by atoms with Gasteiger partial charge in [-0.3, -0.25) is 9.69 Å². The van der Waals surface area contributed by atoms with Gasteiger partial charge in [0.1, 0.15) is 6.04 Å². The fraction of sp³-hybridized carbons (Fsp3) is 0.368. The van der Waals surface area contributed by atoms with Crippen LogP contribution in [0.2, 0.25) is 10.0 Å². The van der Waals surface area contributed by atoms with Crippen molar-refractivity contribution in [2.24, 2.45) is 0 Å². The Morgan fingerprint density at radius 1 is 1.32 bits per heavy atom. The van der Waals surface area contributed by atoms with Crippen LogP contribution < -0.4 is 10.2 Å². The fourth-order valence-electron chi connectivity index (χ4n) is 2.90. The minimum absolute atomic E-state index is 0.178. The number of amides is 3. The molecule has 0 aliphatic carbocycles. The molecule has 0 saturated carbocycles. The SMILES string of the molecule is CC(C)c1ccnc(N2C[C@@H](C(=O)NCc3ccc(Cl)cc3Cl)N(C)C2=O)n1. The molecule has 1 aliphatic heterocycles. The molecule has 9 heteroatoms. The number of halogens is 2. The summed E-state index contributed by atoms with van der Waals surface area (Å²) >= 11 is 12.0. The van der Waals surface area contributed by atoms with Crippen molar-refractivity contribution in [1.29, 1.82) is 0 Å². The Bertz CT molecular complexity index is 906. The maximum Gasteiger partial charge on any atom is 0.327 e. The first-order valence-electron chi connectivity index (χ1n) is 8.87. The second kappa shape index (κ2) is 8.32. The van der Waals surface area contributed by atoms with Gasteiger partial charge in [0.15, 0.2) is 0 Å². The van der Waals surface area contributed by atoms with E-state index in [2.05, 4.69) is 15.3 Å². The number of likely N-dealkylation sites (N-methyl/N-ethyl adjacent to an activating group) is 1. The Balaban J connectivity index is 1.70. The average Bonchev–Trinajstić information content (AvgIpc) is 2.96. The third kappa shape index (κ3) is 4.20. The number of nitrogens with zero attached hydrogens (tertiary/aromatic N) is 4. The number of carbonyl (C=O) groups is 2. The smallest absolute Gasteiger partial charge is 0.327 e. The van der Waals surface area contributed by atoms with E-state index in [-0.39, 0.29) is 30.9 Å². The summed E-state index contributed by atoms with van der Waals surface area (Å²) in [6.07, 6.45) is 1.63. The van der Waals surface area contributed by atoms with E-state index in [0.29, 0.717) is 16.0 Å². The van der Waals surface area contributed by atoms with Crippen LogP contribution in [0, 0.1) is 0 Å². The highest BCUT2D eigenvalue weighted by Gasteiger charge is 2.41. The molecule has 1 aromatic heterocycles. The first-order valence-corrected chi connectivity index (χ1v) is 9.62. The zero-order valence-corrected chi connectivity index (χ0v) is 17.3. The van der Waals surface area contributed by atoms with Crippen molar-refractivity contribution in [2.75, 3.05) is 18.5 Å². The van der Waals surface area contributed by atoms with Gasteiger partial charge in [0, 0.05) is 35.5 Å². The number of anilines is 1. The van der Waals surface area contributed by atoms with Crippen molar-refractivity contribution in [3.05, 3.63) is 51.8 Å². The predicted molar refractivity (Wildman–Crippen MR) is 109 cm³/mol. The molecule has 1 atom stereocenters. The Kier molecular flexibility index (Phi) is 6.05. The van der Waals surface area contributed by atoms with E-state index in [9.17, 15) is 9.59 Å². The number of hydrogen-bond acceptors (Lipinski definition) is 4. The summed E-state index contributed by atoms with van der Waals surface area (Å²) in [6, 6.07) is 5.94. The van der Waals surface area contributed by atoms with E-state index in [1.54, 1.807) is 31.4 Å². The lowest BCUT2D eigenvalue weighted by atomic mass is 10.1. The highest BCUT2D eigenvalue weighted by molar-refractivity contribution is 6.35. The fourth-order valence-corrected chi connectivity index (χ4v) is 3.38. The zero-order valence-electron chi connectivity index (χ0n) is 15.8. The van der Waals surface area contributed by atoms with Gasteiger partial charge in [-0.25, -0.2) is 14.8 Å². The van der Waals surface area contributed by atoms with E-state index in [1.165, 1.54) is 9.80 Å². The molecule has 2 aromatic rings. The standard InChI is InChI=1S/C19H21Cl2N5O2/c1-11(2)15-6-7-22-18(24-15)26-10-16(25(3)19(26)28)17(27)23-9-12-4-5-13(20)8-14(12)21/h4-8,11,16H,9-10H2,1-3H3,(H,23,27)/t16-/m0/s1. The van der Waals surface area contributed by atoms with Crippen LogP contribution in [0.4, 0.5) is 10.7 Å². The summed E-state index contributed by atoms with van der Waals surface area (Å²) in [7, 11) is 1.59. The van der Waals surface area contributed by atoms with Gasteiger partial charge in [0.05, 0.1) is 6.54 Å². The van der Waals surface area contributed by atoms with Crippen LogP contribution in [0.3, 0.4) is 0 Å². The van der Waals surface area contributed by atoms with Gasteiger partial charge in [0.2, 0.25) is 11.9 Å². The van der Waals surface area contributed by atoms with Gasteiger partial charge in [-0.15, -0.1) is 0 Å². The normalized spacial score (nSPS) is 16.8. The van der Waals surface area contributed by atoms with Gasteiger partial charge in [-0.1, -0.05) is 43.1 Å². The van der Waals surface area contributed by atoms with E-state index < -0.39 is 6.04 Å². The molecule has 3 rings (SSSR count). The molecule has 28 heavy (non-hydrogen) atoms. The predicted octanol–water partition coefficient (Wildman–Crippen LogP) is 3.46. The Labute approximate surface area is 173 Å². The zero-order chi connectivity index (χ0) is 20.4. The van der Waals surface area contributed by atoms with Crippen molar-refractivity contribution in [1.82, 2.24) is 20.2 Å². The van der Waals surface area contributed by atoms with E-state index in [4.69, 9.17) is 23.2 Å². The van der Waals surface area contributed by atoms with Crippen LogP contribution in [0.5, 0.6) is 0 Å². The van der Waals surface area contributed by atoms with Gasteiger partial charge in [-0.2, -0.15) is 0 Å². The second-order valence-corrected chi connectivity index (χ2v) is 7.75. The summed E-state index contributed by atoms with van der Waals surface area (Å²) in [5.74, 6) is 0.240. The van der Waals surface area contributed by atoms with Crippen LogP contribution in [-0.2, 0) is 11.3 Å². The molecule has 3 amide bonds. The highest BCUT2D eigenvalue weighted by atomic mass is 35.5. The van der Waals surface area contributed by atoms with E-state index in [0.717, 1.165) is 11.3 Å². The van der Waals surface area contributed by atoms with Crippen molar-refractivity contribution >= 4 is 41.1 Å². The van der Waals surface area contributed by atoms with E-state index >= 15 is 0 Å². The summed E-state index contributed by atoms with van der Waals surface area (Å²) in [5, 5.41) is 3.83. The molecular formula is C19H21Cl2N5O2. The summed E-state index contributed by atoms with van der Waals surface area (Å²) in [6.45, 7) is 4.45. The van der Waals surface area contributed by atoms with Crippen LogP contribution >= 0.6 is 23.2 Å². The summed E-state index contributed by atoms with van der Waals surface area (Å²) in [4.78, 5) is 36.8. The topological polar surface area (TPSA) is 78.4 Å². The van der Waals surface area contributed by atoms with Crippen LogP contribution in [0.15, 0.2) is 30.5 Å². The van der Waals surface area contributed by atoms with Crippen LogP contribution in [-0.4, -0.2) is 46.4 Å². The number of rotatable bonds is 5.